The van der Waals surface area contributed by atoms with Gasteiger partial charge in [0.2, 0.25) is 0 Å². The van der Waals surface area contributed by atoms with Crippen LogP contribution in [0.1, 0.15) is 51.8 Å². The van der Waals surface area contributed by atoms with Gasteiger partial charge in [0, 0.05) is 15.7 Å². The van der Waals surface area contributed by atoms with E-state index in [-0.39, 0.29) is 27.8 Å². The maximum atomic E-state index is 13.0. The second kappa shape index (κ2) is 7.24. The van der Waals surface area contributed by atoms with Crippen molar-refractivity contribution in [2.24, 2.45) is 0 Å². The Balaban J connectivity index is 1.45. The summed E-state index contributed by atoms with van der Waals surface area (Å²) in [5.41, 5.74) is 0.875. The number of carbonyl (C=O) groups excluding carboxylic acids is 5. The van der Waals surface area contributed by atoms with Crippen LogP contribution in [0.4, 0.5) is 5.69 Å². The molecule has 0 saturated carbocycles. The fourth-order valence-electron chi connectivity index (χ4n) is 3.65. The summed E-state index contributed by atoms with van der Waals surface area (Å²) in [6.07, 6.45) is 0. The van der Waals surface area contributed by atoms with E-state index < -0.39 is 29.5 Å². The van der Waals surface area contributed by atoms with Crippen LogP contribution in [0.15, 0.2) is 71.2 Å². The van der Waals surface area contributed by atoms with Crippen molar-refractivity contribution < 1.29 is 24.0 Å². The van der Waals surface area contributed by atoms with Gasteiger partial charge in [0.1, 0.15) is 0 Å². The van der Waals surface area contributed by atoms with Gasteiger partial charge in [0.25, 0.3) is 29.5 Å². The average molecular weight is 490 g/mol. The number of nitrogens with one attached hydrogen (secondary N) is 1. The van der Waals surface area contributed by atoms with Crippen molar-refractivity contribution in [2.75, 3.05) is 5.32 Å². The van der Waals surface area contributed by atoms with Crippen molar-refractivity contribution in [3.63, 3.8) is 0 Å². The predicted molar refractivity (Wildman–Crippen MR) is 116 cm³/mol. The molecule has 9 heteroatoms. The van der Waals surface area contributed by atoms with Gasteiger partial charge in [-0.05, 0) is 54.6 Å². The second-order valence-corrected chi connectivity index (χ2v) is 8.03. The number of benzene rings is 3. The minimum Gasteiger partial charge on any atom is -0.322 e. The summed E-state index contributed by atoms with van der Waals surface area (Å²) in [6.45, 7) is 0. The molecule has 0 saturated heterocycles. The van der Waals surface area contributed by atoms with E-state index in [1.165, 1.54) is 30.3 Å². The zero-order valence-electron chi connectivity index (χ0n) is 16.2. The molecule has 0 radical (unpaired) electrons. The van der Waals surface area contributed by atoms with Crippen LogP contribution in [0.2, 0.25) is 0 Å². The molecule has 5 amide bonds. The van der Waals surface area contributed by atoms with Gasteiger partial charge in [0.05, 0.1) is 22.3 Å². The van der Waals surface area contributed by atoms with Crippen molar-refractivity contribution >= 4 is 51.2 Å². The lowest BCUT2D eigenvalue weighted by molar-refractivity contribution is 0.00845. The fourth-order valence-corrected chi connectivity index (χ4v) is 3.91. The number of halogens is 1. The van der Waals surface area contributed by atoms with Crippen LogP contribution in [-0.2, 0) is 0 Å². The van der Waals surface area contributed by atoms with Crippen molar-refractivity contribution in [3.8, 4) is 0 Å². The van der Waals surface area contributed by atoms with Crippen LogP contribution in [0.3, 0.4) is 0 Å². The minimum absolute atomic E-state index is 0.00625. The van der Waals surface area contributed by atoms with E-state index in [4.69, 9.17) is 0 Å². The summed E-state index contributed by atoms with van der Waals surface area (Å²) in [5, 5.41) is 3.79. The van der Waals surface area contributed by atoms with Gasteiger partial charge < -0.3 is 5.32 Å². The van der Waals surface area contributed by atoms with E-state index in [9.17, 15) is 24.0 Å². The van der Waals surface area contributed by atoms with E-state index >= 15 is 0 Å². The zero-order chi connectivity index (χ0) is 22.6. The molecule has 2 aliphatic rings. The summed E-state index contributed by atoms with van der Waals surface area (Å²) in [6, 6.07) is 17.0. The number of nitrogens with zero attached hydrogens (tertiary/aromatic N) is 2. The van der Waals surface area contributed by atoms with Gasteiger partial charge in [-0.3, -0.25) is 24.0 Å². The molecule has 0 fully saturated rings. The lowest BCUT2D eigenvalue weighted by atomic mass is 10.1. The molecule has 5 rings (SSSR count). The quantitative estimate of drug-likeness (QED) is 0.566. The van der Waals surface area contributed by atoms with Crippen molar-refractivity contribution in [1.29, 1.82) is 0 Å². The highest BCUT2D eigenvalue weighted by Crippen LogP contribution is 2.31. The van der Waals surface area contributed by atoms with Gasteiger partial charge in [-0.15, -0.1) is 0 Å². The first-order valence-electron chi connectivity index (χ1n) is 9.44. The lowest BCUT2D eigenvalue weighted by Gasteiger charge is -2.23. The minimum atomic E-state index is -0.849. The van der Waals surface area contributed by atoms with Gasteiger partial charge in [0.15, 0.2) is 0 Å². The zero-order valence-corrected chi connectivity index (χ0v) is 17.8. The summed E-state index contributed by atoms with van der Waals surface area (Å²) in [7, 11) is 0. The summed E-state index contributed by atoms with van der Waals surface area (Å²) < 4.78 is 0.852. The maximum absolute atomic E-state index is 13.0. The first-order valence-corrected chi connectivity index (χ1v) is 10.2. The molecule has 32 heavy (non-hydrogen) atoms. The molecule has 8 nitrogen and oxygen atoms in total. The van der Waals surface area contributed by atoms with Crippen LogP contribution < -0.4 is 5.32 Å². The van der Waals surface area contributed by atoms with E-state index in [1.807, 2.05) is 0 Å². The molecule has 0 bridgehead atoms. The van der Waals surface area contributed by atoms with Gasteiger partial charge >= 0.3 is 0 Å². The molecular weight excluding hydrogens is 478 g/mol. The number of hydrogen-bond donors (Lipinski definition) is 1. The average Bonchev–Trinajstić information content (AvgIpc) is 3.19. The molecule has 0 spiro atoms. The second-order valence-electron chi connectivity index (χ2n) is 7.11. The van der Waals surface area contributed by atoms with Crippen molar-refractivity contribution in [2.45, 2.75) is 0 Å². The number of hydrogen-bond acceptors (Lipinski definition) is 5. The molecule has 3 aromatic rings. The molecule has 2 heterocycles. The number of hydrazine groups is 1. The Bertz CT molecular complexity index is 1330. The molecule has 0 unspecified atom stereocenters. The van der Waals surface area contributed by atoms with Gasteiger partial charge in [-0.25, -0.2) is 0 Å². The molecule has 1 N–H and O–H groups in total. The Morgan fingerprint density at radius 3 is 1.72 bits per heavy atom. The van der Waals surface area contributed by atoms with Crippen LogP contribution in [-0.4, -0.2) is 39.6 Å². The smallest absolute Gasteiger partial charge is 0.281 e. The Morgan fingerprint density at radius 2 is 1.16 bits per heavy atom. The number of amides is 5. The highest BCUT2D eigenvalue weighted by molar-refractivity contribution is 9.10. The van der Waals surface area contributed by atoms with Crippen LogP contribution >= 0.6 is 15.9 Å². The summed E-state index contributed by atoms with van der Waals surface area (Å²) in [4.78, 5) is 64.0. The molecule has 3 aromatic carbocycles. The number of rotatable bonds is 3. The highest BCUT2D eigenvalue weighted by Gasteiger charge is 2.48. The number of carbonyl (C=O) groups is 5. The molecule has 0 aromatic heterocycles. The third-order valence-electron chi connectivity index (χ3n) is 5.20. The normalized spacial score (nSPS) is 14.7. The SMILES string of the molecule is O=C(Nc1ccc(Br)cc1)c1ccc2c(c1)C(=O)N(N1C(=O)c3ccccc3C1=O)C2=O. The third kappa shape index (κ3) is 2.94. The predicted octanol–water partition coefficient (Wildman–Crippen LogP) is 3.51. The summed E-state index contributed by atoms with van der Waals surface area (Å²) >= 11 is 3.32. The van der Waals surface area contributed by atoms with E-state index in [2.05, 4.69) is 21.2 Å². The number of anilines is 1. The van der Waals surface area contributed by atoms with Crippen LogP contribution in [0, 0.1) is 0 Å². The van der Waals surface area contributed by atoms with E-state index in [0.29, 0.717) is 15.7 Å². The van der Waals surface area contributed by atoms with Gasteiger partial charge in [-0.2, -0.15) is 10.0 Å². The Hall–Kier alpha value is -4.11. The highest BCUT2D eigenvalue weighted by atomic mass is 79.9. The molecule has 156 valence electrons. The van der Waals surface area contributed by atoms with Crippen molar-refractivity contribution in [3.05, 3.63) is 99.0 Å². The molecule has 2 aliphatic heterocycles. The molecular formula is C23H12BrN3O5. The lowest BCUT2D eigenvalue weighted by Crippen LogP contribution is -2.49. The topological polar surface area (TPSA) is 104 Å². The largest absolute Gasteiger partial charge is 0.322 e. The Kier molecular flexibility index (Phi) is 4.49. The van der Waals surface area contributed by atoms with Crippen molar-refractivity contribution in [1.82, 2.24) is 10.0 Å². The fraction of sp³-hybridized carbons (Fsp3) is 0. The first-order chi connectivity index (χ1) is 15.4. The van der Waals surface area contributed by atoms with E-state index in [0.717, 1.165) is 4.47 Å². The Morgan fingerprint density at radius 1 is 0.656 bits per heavy atom. The molecule has 0 aliphatic carbocycles. The van der Waals surface area contributed by atoms with Gasteiger partial charge in [-0.1, -0.05) is 28.1 Å². The monoisotopic (exact) mass is 489 g/mol. The first kappa shape index (κ1) is 19.8. The summed E-state index contributed by atoms with van der Waals surface area (Å²) in [5.74, 6) is -3.65. The Labute approximate surface area is 189 Å². The maximum Gasteiger partial charge on any atom is 0.281 e. The van der Waals surface area contributed by atoms with E-state index in [1.54, 1.807) is 36.4 Å². The number of imide groups is 2. The number of fused-ring (bicyclic) bond motifs is 2. The van der Waals surface area contributed by atoms with Crippen LogP contribution in [0.5, 0.6) is 0 Å². The molecule has 0 atom stereocenters. The van der Waals surface area contributed by atoms with Crippen LogP contribution in [0.25, 0.3) is 0 Å². The standard InChI is InChI=1S/C23H12BrN3O5/c24-13-6-8-14(9-7-13)25-19(28)12-5-10-17-18(11-12)23(32)27(22(17)31)26-20(29)15-3-1-2-4-16(15)21(26)30/h1-11H,(H,25,28). The third-order valence-corrected chi connectivity index (χ3v) is 5.73.